The van der Waals surface area contributed by atoms with E-state index in [1.807, 2.05) is 32.0 Å². The molecule has 0 saturated carbocycles. The van der Waals surface area contributed by atoms with Crippen LogP contribution in [0.25, 0.3) is 22.4 Å². The molecular formula is C21H19Cl2N3O. The van der Waals surface area contributed by atoms with Crippen LogP contribution < -0.4 is 4.90 Å². The van der Waals surface area contributed by atoms with E-state index in [0.717, 1.165) is 22.2 Å². The number of aromatic nitrogens is 2. The van der Waals surface area contributed by atoms with E-state index in [2.05, 4.69) is 16.5 Å². The van der Waals surface area contributed by atoms with Gasteiger partial charge >= 0.3 is 0 Å². The molecular weight excluding hydrogens is 381 g/mol. The lowest BCUT2D eigenvalue weighted by atomic mass is 10.1. The van der Waals surface area contributed by atoms with Gasteiger partial charge in [0.15, 0.2) is 0 Å². The third-order valence-electron chi connectivity index (χ3n) is 3.94. The monoisotopic (exact) mass is 399 g/mol. The normalized spacial score (nSPS) is 10.7. The Labute approximate surface area is 168 Å². The van der Waals surface area contributed by atoms with Gasteiger partial charge < -0.3 is 9.88 Å². The molecule has 2 aromatic carbocycles. The highest BCUT2D eigenvalue weighted by Gasteiger charge is 2.19. The Hall–Kier alpha value is -2.56. The van der Waals surface area contributed by atoms with Crippen LogP contribution in [-0.4, -0.2) is 22.4 Å². The fraction of sp³-hybridized carbons (Fsp3) is 0.143. The van der Waals surface area contributed by atoms with Crippen molar-refractivity contribution in [1.29, 1.82) is 0 Å². The van der Waals surface area contributed by atoms with Crippen LogP contribution in [0.4, 0.5) is 5.69 Å². The molecule has 0 radical (unpaired) electrons. The Balaban J connectivity index is 2.17. The smallest absolute Gasteiger partial charge is 0.251 e. The van der Waals surface area contributed by atoms with Crippen molar-refractivity contribution < 1.29 is 4.79 Å². The SMILES string of the molecule is C=CCN(C(=O)C=C(C)C)c1ccc(Cl)cc1-c1nc2ccc(Cl)cc2[nH]1. The molecule has 6 heteroatoms. The maximum absolute atomic E-state index is 12.8. The summed E-state index contributed by atoms with van der Waals surface area (Å²) in [6.07, 6.45) is 3.29. The van der Waals surface area contributed by atoms with Crippen LogP contribution >= 0.6 is 23.2 Å². The van der Waals surface area contributed by atoms with Gasteiger partial charge in [0.05, 0.1) is 16.7 Å². The molecule has 0 aliphatic rings. The Bertz CT molecular complexity index is 1050. The molecule has 0 spiro atoms. The largest absolute Gasteiger partial charge is 0.338 e. The zero-order valence-corrected chi connectivity index (χ0v) is 16.6. The maximum Gasteiger partial charge on any atom is 0.251 e. The van der Waals surface area contributed by atoms with Gasteiger partial charge in [-0.3, -0.25) is 4.79 Å². The van der Waals surface area contributed by atoms with Gasteiger partial charge in [-0.15, -0.1) is 6.58 Å². The first-order chi connectivity index (χ1) is 12.9. The molecule has 0 fully saturated rings. The molecule has 1 heterocycles. The van der Waals surface area contributed by atoms with Crippen molar-refractivity contribution in [3.8, 4) is 11.4 Å². The van der Waals surface area contributed by atoms with E-state index in [1.165, 1.54) is 0 Å². The van der Waals surface area contributed by atoms with Crippen molar-refractivity contribution in [2.24, 2.45) is 0 Å². The number of hydrogen-bond acceptors (Lipinski definition) is 2. The molecule has 0 saturated heterocycles. The van der Waals surface area contributed by atoms with Gasteiger partial charge in [-0.05, 0) is 50.2 Å². The number of imidazole rings is 1. The number of nitrogens with zero attached hydrogens (tertiary/aromatic N) is 2. The number of fused-ring (bicyclic) bond motifs is 1. The number of hydrogen-bond donors (Lipinski definition) is 1. The molecule has 1 aromatic heterocycles. The second kappa shape index (κ2) is 7.99. The highest BCUT2D eigenvalue weighted by atomic mass is 35.5. The zero-order valence-electron chi connectivity index (χ0n) is 15.1. The minimum Gasteiger partial charge on any atom is -0.338 e. The third kappa shape index (κ3) is 4.24. The van der Waals surface area contributed by atoms with Crippen LogP contribution in [0.2, 0.25) is 10.0 Å². The number of carbonyl (C=O) groups is 1. The summed E-state index contributed by atoms with van der Waals surface area (Å²) < 4.78 is 0. The van der Waals surface area contributed by atoms with Crippen LogP contribution in [-0.2, 0) is 4.79 Å². The van der Waals surface area contributed by atoms with Crippen molar-refractivity contribution in [2.75, 3.05) is 11.4 Å². The van der Waals surface area contributed by atoms with E-state index in [1.54, 1.807) is 35.3 Å². The molecule has 4 nitrogen and oxygen atoms in total. The number of anilines is 1. The summed E-state index contributed by atoms with van der Waals surface area (Å²) in [7, 11) is 0. The number of H-pyrrole nitrogens is 1. The summed E-state index contributed by atoms with van der Waals surface area (Å²) in [4.78, 5) is 22.3. The van der Waals surface area contributed by atoms with Crippen LogP contribution in [0, 0.1) is 0 Å². The Morgan fingerprint density at radius 3 is 2.59 bits per heavy atom. The fourth-order valence-electron chi connectivity index (χ4n) is 2.80. The summed E-state index contributed by atoms with van der Waals surface area (Å²) in [5.41, 5.74) is 3.95. The predicted octanol–water partition coefficient (Wildman–Crippen LogP) is 6.02. The van der Waals surface area contributed by atoms with Crippen molar-refractivity contribution in [3.05, 3.63) is 70.7 Å². The molecule has 27 heavy (non-hydrogen) atoms. The lowest BCUT2D eigenvalue weighted by Crippen LogP contribution is -2.30. The second-order valence-corrected chi connectivity index (χ2v) is 7.24. The van der Waals surface area contributed by atoms with Crippen molar-refractivity contribution in [3.63, 3.8) is 0 Å². The first-order valence-corrected chi connectivity index (χ1v) is 9.17. The average molecular weight is 400 g/mol. The lowest BCUT2D eigenvalue weighted by molar-refractivity contribution is -0.114. The van der Waals surface area contributed by atoms with Crippen molar-refractivity contribution in [2.45, 2.75) is 13.8 Å². The quantitative estimate of drug-likeness (QED) is 0.420. The predicted molar refractivity (Wildman–Crippen MR) is 114 cm³/mol. The van der Waals surface area contributed by atoms with Gasteiger partial charge in [0.1, 0.15) is 5.82 Å². The number of rotatable bonds is 5. The molecule has 0 unspecified atom stereocenters. The van der Waals surface area contributed by atoms with Crippen LogP contribution in [0.5, 0.6) is 0 Å². The van der Waals surface area contributed by atoms with E-state index < -0.39 is 0 Å². The van der Waals surface area contributed by atoms with Gasteiger partial charge in [0, 0.05) is 28.2 Å². The lowest BCUT2D eigenvalue weighted by Gasteiger charge is -2.22. The second-order valence-electron chi connectivity index (χ2n) is 6.37. The molecule has 0 aliphatic carbocycles. The molecule has 1 N–H and O–H groups in total. The highest BCUT2D eigenvalue weighted by Crippen LogP contribution is 2.33. The molecule has 3 aromatic rings. The minimum atomic E-state index is -0.127. The number of allylic oxidation sites excluding steroid dienone is 1. The van der Waals surface area contributed by atoms with Gasteiger partial charge in [0.25, 0.3) is 5.91 Å². The number of benzene rings is 2. The summed E-state index contributed by atoms with van der Waals surface area (Å²) in [6, 6.07) is 10.8. The van der Waals surface area contributed by atoms with Crippen LogP contribution in [0.15, 0.2) is 60.7 Å². The van der Waals surface area contributed by atoms with Gasteiger partial charge in [-0.25, -0.2) is 4.98 Å². The minimum absolute atomic E-state index is 0.127. The molecule has 3 rings (SSSR count). The van der Waals surface area contributed by atoms with Crippen molar-refractivity contribution >= 4 is 45.8 Å². The average Bonchev–Trinajstić information content (AvgIpc) is 3.02. The number of halogens is 2. The summed E-state index contributed by atoms with van der Waals surface area (Å²) in [5, 5.41) is 1.18. The van der Waals surface area contributed by atoms with Gasteiger partial charge in [0.2, 0.25) is 0 Å². The van der Waals surface area contributed by atoms with E-state index in [4.69, 9.17) is 23.2 Å². The standard InChI is InChI=1S/C21H19Cl2N3O/c1-4-9-26(20(27)10-13(2)3)19-8-6-14(22)11-16(19)21-24-17-7-5-15(23)12-18(17)25-21/h4-8,10-12H,1,9H2,2-3H3,(H,24,25). The fourth-order valence-corrected chi connectivity index (χ4v) is 3.15. The molecule has 1 amide bonds. The summed E-state index contributed by atoms with van der Waals surface area (Å²) >= 11 is 12.3. The van der Waals surface area contributed by atoms with Gasteiger partial charge in [-0.1, -0.05) is 34.9 Å². The molecule has 0 atom stereocenters. The van der Waals surface area contributed by atoms with Crippen molar-refractivity contribution in [1.82, 2.24) is 9.97 Å². The first-order valence-electron chi connectivity index (χ1n) is 8.41. The summed E-state index contributed by atoms with van der Waals surface area (Å²) in [6.45, 7) is 7.91. The van der Waals surface area contributed by atoms with E-state index in [9.17, 15) is 4.79 Å². The number of aromatic amines is 1. The number of amides is 1. The van der Waals surface area contributed by atoms with E-state index >= 15 is 0 Å². The summed E-state index contributed by atoms with van der Waals surface area (Å²) in [5.74, 6) is 0.487. The zero-order chi connectivity index (χ0) is 19.6. The highest BCUT2D eigenvalue weighted by molar-refractivity contribution is 6.31. The molecule has 0 aliphatic heterocycles. The molecule has 0 bridgehead atoms. The van der Waals surface area contributed by atoms with E-state index in [0.29, 0.717) is 28.1 Å². The van der Waals surface area contributed by atoms with Crippen LogP contribution in [0.1, 0.15) is 13.8 Å². The Morgan fingerprint density at radius 1 is 1.19 bits per heavy atom. The number of nitrogens with one attached hydrogen (secondary N) is 1. The third-order valence-corrected chi connectivity index (χ3v) is 4.41. The number of carbonyl (C=O) groups excluding carboxylic acids is 1. The van der Waals surface area contributed by atoms with Gasteiger partial charge in [-0.2, -0.15) is 0 Å². The van der Waals surface area contributed by atoms with E-state index in [-0.39, 0.29) is 5.91 Å². The Kier molecular flexibility index (Phi) is 5.68. The molecule has 138 valence electrons. The first kappa shape index (κ1) is 19.2. The van der Waals surface area contributed by atoms with Crippen LogP contribution in [0.3, 0.4) is 0 Å². The topological polar surface area (TPSA) is 49.0 Å². The Morgan fingerprint density at radius 2 is 1.89 bits per heavy atom. The maximum atomic E-state index is 12.8.